The van der Waals surface area contributed by atoms with E-state index in [2.05, 4.69) is 15.8 Å². The summed E-state index contributed by atoms with van der Waals surface area (Å²) in [5.41, 5.74) is 4.34. The maximum atomic E-state index is 12.5. The number of amides is 2. The Morgan fingerprint density at radius 3 is 2.58 bits per heavy atom. The summed E-state index contributed by atoms with van der Waals surface area (Å²) in [5.74, 6) is -1.12. The number of phenolic OH excluding ortho intramolecular Hbond substituents is 2. The van der Waals surface area contributed by atoms with Gasteiger partial charge in [-0.05, 0) is 31.2 Å². The SMILES string of the molecule is COc1cc2c(cc1NC(=O)CC(C)=NNC(=O)c1ccc(O)cc1O)oc1ccccc12. The zero-order valence-electron chi connectivity index (χ0n) is 17.9. The van der Waals surface area contributed by atoms with Crippen LogP contribution in [0.4, 0.5) is 5.69 Å². The van der Waals surface area contributed by atoms with Crippen LogP contribution in [0.1, 0.15) is 23.7 Å². The third kappa shape index (κ3) is 4.57. The van der Waals surface area contributed by atoms with Gasteiger partial charge in [0, 0.05) is 28.6 Å². The highest BCUT2D eigenvalue weighted by Crippen LogP contribution is 2.36. The number of rotatable bonds is 6. The molecule has 0 aliphatic rings. The fourth-order valence-electron chi connectivity index (χ4n) is 3.40. The second kappa shape index (κ2) is 8.91. The van der Waals surface area contributed by atoms with E-state index >= 15 is 0 Å². The van der Waals surface area contributed by atoms with Crippen LogP contribution in [0, 0.1) is 0 Å². The van der Waals surface area contributed by atoms with Gasteiger partial charge >= 0.3 is 0 Å². The molecule has 33 heavy (non-hydrogen) atoms. The van der Waals surface area contributed by atoms with Crippen molar-refractivity contribution in [3.8, 4) is 17.2 Å². The van der Waals surface area contributed by atoms with Gasteiger partial charge in [-0.1, -0.05) is 18.2 Å². The van der Waals surface area contributed by atoms with Gasteiger partial charge in [0.05, 0.1) is 24.8 Å². The Morgan fingerprint density at radius 2 is 1.82 bits per heavy atom. The molecule has 4 aromatic rings. The molecule has 1 heterocycles. The Hall–Kier alpha value is -4.53. The minimum atomic E-state index is -0.677. The predicted molar refractivity (Wildman–Crippen MR) is 124 cm³/mol. The van der Waals surface area contributed by atoms with E-state index < -0.39 is 5.91 Å². The van der Waals surface area contributed by atoms with Crippen molar-refractivity contribution in [2.45, 2.75) is 13.3 Å². The molecule has 168 valence electrons. The van der Waals surface area contributed by atoms with Crippen molar-refractivity contribution in [3.05, 3.63) is 60.2 Å². The van der Waals surface area contributed by atoms with E-state index in [-0.39, 0.29) is 29.4 Å². The van der Waals surface area contributed by atoms with Crippen LogP contribution in [0.3, 0.4) is 0 Å². The Labute approximate surface area is 188 Å². The van der Waals surface area contributed by atoms with Crippen molar-refractivity contribution in [3.63, 3.8) is 0 Å². The zero-order valence-corrected chi connectivity index (χ0v) is 17.9. The number of nitrogens with one attached hydrogen (secondary N) is 2. The van der Waals surface area contributed by atoms with E-state index in [1.807, 2.05) is 30.3 Å². The lowest BCUT2D eigenvalue weighted by molar-refractivity contribution is -0.115. The first kappa shape index (κ1) is 21.7. The first-order valence-corrected chi connectivity index (χ1v) is 10.0. The minimum Gasteiger partial charge on any atom is -0.508 e. The highest BCUT2D eigenvalue weighted by atomic mass is 16.5. The molecule has 0 saturated heterocycles. The molecule has 4 N–H and O–H groups in total. The summed E-state index contributed by atoms with van der Waals surface area (Å²) in [6, 6.07) is 14.7. The number of hydrogen-bond acceptors (Lipinski definition) is 7. The molecule has 0 radical (unpaired) electrons. The first-order valence-electron chi connectivity index (χ1n) is 10.0. The van der Waals surface area contributed by atoms with Gasteiger partial charge in [0.2, 0.25) is 5.91 Å². The summed E-state index contributed by atoms with van der Waals surface area (Å²) in [7, 11) is 1.51. The molecule has 2 amide bonds. The quantitative estimate of drug-likeness (QED) is 0.259. The Morgan fingerprint density at radius 1 is 1.03 bits per heavy atom. The smallest absolute Gasteiger partial charge is 0.275 e. The molecular weight excluding hydrogens is 426 g/mol. The number of fused-ring (bicyclic) bond motifs is 3. The van der Waals surface area contributed by atoms with Crippen LogP contribution in [-0.2, 0) is 4.79 Å². The van der Waals surface area contributed by atoms with Crippen molar-refractivity contribution >= 4 is 45.2 Å². The fraction of sp³-hybridized carbons (Fsp3) is 0.125. The molecule has 0 aliphatic carbocycles. The number of aromatic hydroxyl groups is 2. The first-order chi connectivity index (χ1) is 15.9. The van der Waals surface area contributed by atoms with Crippen molar-refractivity contribution in [1.82, 2.24) is 5.43 Å². The molecule has 0 saturated carbocycles. The number of carbonyl (C=O) groups excluding carboxylic acids is 2. The van der Waals surface area contributed by atoms with Gasteiger partial charge in [0.1, 0.15) is 28.4 Å². The normalized spacial score (nSPS) is 11.5. The van der Waals surface area contributed by atoms with E-state index in [1.54, 1.807) is 13.0 Å². The number of nitrogens with zero attached hydrogens (tertiary/aromatic N) is 1. The summed E-state index contributed by atoms with van der Waals surface area (Å²) >= 11 is 0. The Kier molecular flexibility index (Phi) is 5.86. The third-order valence-corrected chi connectivity index (χ3v) is 4.96. The van der Waals surface area contributed by atoms with Crippen LogP contribution in [0.5, 0.6) is 17.2 Å². The predicted octanol–water partition coefficient (Wildman–Crippen LogP) is 4.14. The molecule has 9 nitrogen and oxygen atoms in total. The van der Waals surface area contributed by atoms with Crippen LogP contribution in [0.2, 0.25) is 0 Å². The number of phenols is 2. The molecule has 0 spiro atoms. The number of carbonyl (C=O) groups is 2. The number of benzene rings is 3. The summed E-state index contributed by atoms with van der Waals surface area (Å²) < 4.78 is 11.3. The van der Waals surface area contributed by atoms with E-state index in [1.165, 1.54) is 19.2 Å². The fourth-order valence-corrected chi connectivity index (χ4v) is 3.40. The second-order valence-corrected chi connectivity index (χ2v) is 7.36. The molecule has 0 atom stereocenters. The lowest BCUT2D eigenvalue weighted by Gasteiger charge is -2.10. The summed E-state index contributed by atoms with van der Waals surface area (Å²) in [5, 5.41) is 27.6. The van der Waals surface area contributed by atoms with Crippen molar-refractivity contribution in [1.29, 1.82) is 0 Å². The molecule has 3 aromatic carbocycles. The van der Waals surface area contributed by atoms with Crippen molar-refractivity contribution < 1.29 is 29.0 Å². The third-order valence-electron chi connectivity index (χ3n) is 4.96. The minimum absolute atomic E-state index is 0.0577. The number of hydrogen-bond donors (Lipinski definition) is 4. The Bertz CT molecular complexity index is 1410. The van der Waals surface area contributed by atoms with Crippen LogP contribution < -0.4 is 15.5 Å². The number of hydrazone groups is 1. The topological polar surface area (TPSA) is 133 Å². The molecule has 0 bridgehead atoms. The van der Waals surface area contributed by atoms with Gasteiger partial charge in [-0.3, -0.25) is 9.59 Å². The number of methoxy groups -OCH3 is 1. The molecule has 4 rings (SSSR count). The van der Waals surface area contributed by atoms with Gasteiger partial charge in [-0.15, -0.1) is 0 Å². The summed E-state index contributed by atoms with van der Waals surface area (Å²) in [6.07, 6.45) is -0.0941. The Balaban J connectivity index is 1.46. The van der Waals surface area contributed by atoms with Crippen molar-refractivity contribution in [2.75, 3.05) is 12.4 Å². The maximum Gasteiger partial charge on any atom is 0.275 e. The van der Waals surface area contributed by atoms with Gasteiger partial charge in [-0.25, -0.2) is 5.43 Å². The summed E-state index contributed by atoms with van der Waals surface area (Å²) in [4.78, 5) is 24.7. The van der Waals surface area contributed by atoms with Crippen molar-refractivity contribution in [2.24, 2.45) is 5.10 Å². The van der Waals surface area contributed by atoms with Crippen LogP contribution >= 0.6 is 0 Å². The van der Waals surface area contributed by atoms with Gasteiger partial charge < -0.3 is 24.7 Å². The number of ether oxygens (including phenoxy) is 1. The van der Waals surface area contributed by atoms with Crippen LogP contribution in [-0.4, -0.2) is 34.8 Å². The van der Waals surface area contributed by atoms with Crippen LogP contribution in [0.25, 0.3) is 21.9 Å². The number of furan rings is 1. The molecule has 0 aliphatic heterocycles. The largest absolute Gasteiger partial charge is 0.508 e. The van der Waals surface area contributed by atoms with E-state index in [0.717, 1.165) is 22.4 Å². The zero-order chi connectivity index (χ0) is 23.5. The molecule has 0 unspecified atom stereocenters. The lowest BCUT2D eigenvalue weighted by Crippen LogP contribution is -2.21. The average Bonchev–Trinajstić information content (AvgIpc) is 3.14. The van der Waals surface area contributed by atoms with E-state index in [4.69, 9.17) is 9.15 Å². The van der Waals surface area contributed by atoms with E-state index in [0.29, 0.717) is 22.7 Å². The average molecular weight is 447 g/mol. The van der Waals surface area contributed by atoms with Gasteiger partial charge in [0.25, 0.3) is 5.91 Å². The molecule has 9 heteroatoms. The van der Waals surface area contributed by atoms with Crippen LogP contribution in [0.15, 0.2) is 64.1 Å². The van der Waals surface area contributed by atoms with E-state index in [9.17, 15) is 19.8 Å². The monoisotopic (exact) mass is 447 g/mol. The highest BCUT2D eigenvalue weighted by Gasteiger charge is 2.15. The van der Waals surface area contributed by atoms with Gasteiger partial charge in [0.15, 0.2) is 0 Å². The second-order valence-electron chi connectivity index (χ2n) is 7.36. The van der Waals surface area contributed by atoms with Gasteiger partial charge in [-0.2, -0.15) is 5.10 Å². The lowest BCUT2D eigenvalue weighted by atomic mass is 10.1. The molecule has 1 aromatic heterocycles. The molecular formula is C24H21N3O6. The maximum absolute atomic E-state index is 12.5. The standard InChI is InChI=1S/C24H21N3O6/c1-13(26-27-24(31)16-8-7-14(28)10-19(16)29)9-23(30)25-18-12-21-17(11-22(18)32-2)15-5-3-4-6-20(15)33-21/h3-8,10-12,28-29H,9H2,1-2H3,(H,25,30)(H,27,31). The number of anilines is 1. The summed E-state index contributed by atoms with van der Waals surface area (Å²) in [6.45, 7) is 1.58. The molecule has 0 fully saturated rings. The number of para-hydroxylation sites is 1. The highest BCUT2D eigenvalue weighted by molar-refractivity contribution is 6.10.